The minimum Gasteiger partial charge on any atom is -0.206 e. The van der Waals surface area contributed by atoms with E-state index in [1.54, 1.807) is 0 Å². The van der Waals surface area contributed by atoms with Gasteiger partial charge in [-0.15, -0.1) is 0 Å². The molecule has 0 bridgehead atoms. The molecule has 17 heavy (non-hydrogen) atoms. The number of hydrogen-bond donors (Lipinski definition) is 0. The first-order valence-electron chi connectivity index (χ1n) is 4.06. The van der Waals surface area contributed by atoms with Crippen LogP contribution in [0.4, 0.5) is 30.7 Å². The summed E-state index contributed by atoms with van der Waals surface area (Å²) >= 11 is 0. The lowest BCUT2D eigenvalue weighted by Gasteiger charge is -2.02. The van der Waals surface area contributed by atoms with Crippen molar-refractivity contribution in [3.05, 3.63) is 47.3 Å². The van der Waals surface area contributed by atoms with Crippen molar-refractivity contribution in [1.29, 1.82) is 0 Å². The zero-order chi connectivity index (χ0) is 13.2. The van der Waals surface area contributed by atoms with E-state index < -0.39 is 40.8 Å². The topological polar surface area (TPSA) is 0 Å². The quantitative estimate of drug-likeness (QED) is 0.660. The summed E-state index contributed by atoms with van der Waals surface area (Å²) in [6.07, 6.45) is -5.54. The Morgan fingerprint density at radius 1 is 0.765 bits per heavy atom. The zero-order valence-corrected chi connectivity index (χ0v) is 7.88. The smallest absolute Gasteiger partial charge is 0.206 e. The van der Waals surface area contributed by atoms with Crippen LogP contribution in [0.1, 0.15) is 11.1 Å². The third kappa shape index (κ3) is 2.86. The molecule has 0 aromatic heterocycles. The van der Waals surface area contributed by atoms with Gasteiger partial charge in [-0.3, -0.25) is 0 Å². The molecule has 0 aliphatic rings. The van der Waals surface area contributed by atoms with Gasteiger partial charge >= 0.3 is 12.2 Å². The lowest BCUT2D eigenvalue weighted by atomic mass is 10.1. The maximum atomic E-state index is 12.9. The van der Waals surface area contributed by atoms with Crippen molar-refractivity contribution in [2.24, 2.45) is 0 Å². The fourth-order valence-electron chi connectivity index (χ4n) is 1.04. The Hall–Kier alpha value is -1.79. The van der Waals surface area contributed by atoms with E-state index in [1.807, 2.05) is 0 Å². The second-order valence-corrected chi connectivity index (χ2v) is 2.84. The molecular formula is C10H3F7. The van der Waals surface area contributed by atoms with Gasteiger partial charge in [-0.2, -0.15) is 17.6 Å². The zero-order valence-electron chi connectivity index (χ0n) is 7.88. The second kappa shape index (κ2) is 5.03. The summed E-state index contributed by atoms with van der Waals surface area (Å²) in [6, 6.07) is 1.23. The summed E-state index contributed by atoms with van der Waals surface area (Å²) in [5.74, 6) is -5.67. The Balaban J connectivity index is 3.41. The molecule has 0 heterocycles. The van der Waals surface area contributed by atoms with Crippen molar-refractivity contribution in [2.45, 2.75) is 0 Å². The fraction of sp³-hybridized carbons (Fsp3) is 0. The Morgan fingerprint density at radius 2 is 1.29 bits per heavy atom. The number of rotatable bonds is 2. The van der Waals surface area contributed by atoms with Crippen LogP contribution in [0.25, 0.3) is 11.7 Å². The Morgan fingerprint density at radius 3 is 1.76 bits per heavy atom. The molecule has 0 atom stereocenters. The molecule has 0 unspecified atom stereocenters. The van der Waals surface area contributed by atoms with Gasteiger partial charge in [0.1, 0.15) is 5.82 Å². The first-order valence-corrected chi connectivity index (χ1v) is 4.06. The van der Waals surface area contributed by atoms with Crippen molar-refractivity contribution in [3.8, 4) is 0 Å². The average Bonchev–Trinajstić information content (AvgIpc) is 2.27. The molecule has 0 aliphatic heterocycles. The van der Waals surface area contributed by atoms with Crippen LogP contribution in [-0.4, -0.2) is 0 Å². The van der Waals surface area contributed by atoms with Gasteiger partial charge in [0.2, 0.25) is 0 Å². The summed E-state index contributed by atoms with van der Waals surface area (Å²) in [5, 5.41) is 0. The minimum absolute atomic E-state index is 0.234. The van der Waals surface area contributed by atoms with E-state index in [0.717, 1.165) is 0 Å². The van der Waals surface area contributed by atoms with Crippen molar-refractivity contribution in [3.63, 3.8) is 0 Å². The van der Waals surface area contributed by atoms with Crippen molar-refractivity contribution in [2.75, 3.05) is 0 Å². The molecule has 92 valence electrons. The molecule has 1 aromatic rings. The van der Waals surface area contributed by atoms with Gasteiger partial charge in [0, 0.05) is 5.56 Å². The van der Waals surface area contributed by atoms with Gasteiger partial charge in [-0.25, -0.2) is 13.2 Å². The van der Waals surface area contributed by atoms with Crippen molar-refractivity contribution < 1.29 is 30.7 Å². The molecule has 0 fully saturated rings. The van der Waals surface area contributed by atoms with Gasteiger partial charge in [0.15, 0.2) is 11.7 Å². The van der Waals surface area contributed by atoms with E-state index >= 15 is 0 Å². The standard InChI is InChI=1S/C10H3F7/c11-6-2-1-4(7(12)9(14)15)3-5(6)8(13)10(16)17/h1-3H. The van der Waals surface area contributed by atoms with E-state index in [4.69, 9.17) is 0 Å². The van der Waals surface area contributed by atoms with Crippen LogP contribution in [0, 0.1) is 5.82 Å². The third-order valence-corrected chi connectivity index (χ3v) is 1.79. The predicted molar refractivity (Wildman–Crippen MR) is 46.9 cm³/mol. The van der Waals surface area contributed by atoms with Crippen LogP contribution in [0.3, 0.4) is 0 Å². The summed E-state index contributed by atoms with van der Waals surface area (Å²) in [5.41, 5.74) is -2.17. The van der Waals surface area contributed by atoms with Crippen LogP contribution in [0.15, 0.2) is 30.4 Å². The monoisotopic (exact) mass is 256 g/mol. The maximum Gasteiger partial charge on any atom is 0.306 e. The average molecular weight is 256 g/mol. The molecule has 0 radical (unpaired) electrons. The predicted octanol–water partition coefficient (Wildman–Crippen LogP) is 4.89. The van der Waals surface area contributed by atoms with E-state index in [2.05, 4.69) is 0 Å². The lowest BCUT2D eigenvalue weighted by Crippen LogP contribution is -1.90. The first-order chi connectivity index (χ1) is 7.84. The molecule has 0 amide bonds. The normalized spacial score (nSPS) is 10.1. The van der Waals surface area contributed by atoms with Gasteiger partial charge in [0.05, 0.1) is 5.56 Å². The van der Waals surface area contributed by atoms with Gasteiger partial charge in [0.25, 0.3) is 0 Å². The Labute approximate surface area is 90.7 Å². The number of benzene rings is 1. The molecule has 0 nitrogen and oxygen atoms in total. The third-order valence-electron chi connectivity index (χ3n) is 1.79. The van der Waals surface area contributed by atoms with E-state index in [-0.39, 0.29) is 6.07 Å². The van der Waals surface area contributed by atoms with Crippen LogP contribution < -0.4 is 0 Å². The highest BCUT2D eigenvalue weighted by Gasteiger charge is 2.17. The molecule has 7 heteroatoms. The number of hydrogen-bond acceptors (Lipinski definition) is 0. The largest absolute Gasteiger partial charge is 0.306 e. The van der Waals surface area contributed by atoms with Gasteiger partial charge in [-0.05, 0) is 18.2 Å². The van der Waals surface area contributed by atoms with Crippen LogP contribution in [0.5, 0.6) is 0 Å². The SMILES string of the molecule is FC(F)=C(F)c1ccc(F)c(C(F)=C(F)F)c1. The molecule has 0 aliphatic carbocycles. The van der Waals surface area contributed by atoms with Gasteiger partial charge in [-0.1, -0.05) is 0 Å². The van der Waals surface area contributed by atoms with Gasteiger partial charge < -0.3 is 0 Å². The molecule has 1 rings (SSSR count). The first kappa shape index (κ1) is 13.3. The summed E-state index contributed by atoms with van der Waals surface area (Å²) in [7, 11) is 0. The summed E-state index contributed by atoms with van der Waals surface area (Å²) in [4.78, 5) is 0. The van der Waals surface area contributed by atoms with Crippen LogP contribution in [-0.2, 0) is 0 Å². The summed E-state index contributed by atoms with van der Waals surface area (Å²) in [6.45, 7) is 0. The van der Waals surface area contributed by atoms with E-state index in [1.165, 1.54) is 0 Å². The molecule has 1 aromatic carbocycles. The summed E-state index contributed by atoms with van der Waals surface area (Å²) < 4.78 is 85.8. The fourth-order valence-corrected chi connectivity index (χ4v) is 1.04. The molecule has 0 N–H and O–H groups in total. The highest BCUT2D eigenvalue weighted by Crippen LogP contribution is 2.29. The minimum atomic E-state index is -2.83. The van der Waals surface area contributed by atoms with E-state index in [9.17, 15) is 30.7 Å². The Kier molecular flexibility index (Phi) is 3.93. The van der Waals surface area contributed by atoms with Crippen molar-refractivity contribution >= 4 is 11.7 Å². The highest BCUT2D eigenvalue weighted by molar-refractivity contribution is 5.67. The molecule has 0 spiro atoms. The Bertz CT molecular complexity index is 493. The highest BCUT2D eigenvalue weighted by atomic mass is 19.3. The maximum absolute atomic E-state index is 12.9. The lowest BCUT2D eigenvalue weighted by molar-refractivity contribution is 0.409. The van der Waals surface area contributed by atoms with Crippen LogP contribution >= 0.6 is 0 Å². The van der Waals surface area contributed by atoms with E-state index in [0.29, 0.717) is 12.1 Å². The molecule has 0 saturated carbocycles. The molecule has 0 saturated heterocycles. The van der Waals surface area contributed by atoms with Crippen LogP contribution in [0.2, 0.25) is 0 Å². The van der Waals surface area contributed by atoms with Crippen molar-refractivity contribution in [1.82, 2.24) is 0 Å². The second-order valence-electron chi connectivity index (χ2n) is 2.84. The number of halogens is 7. The molecular weight excluding hydrogens is 253 g/mol.